The number of aryl methyl sites for hydroxylation is 2. The number of hydrogen-bond donors (Lipinski definition) is 2. The molecule has 0 bridgehead atoms. The molecule has 2 N–H and O–H groups in total. The smallest absolute Gasteiger partial charge is 0.224 e. The maximum absolute atomic E-state index is 12.1. The topological polar surface area (TPSA) is 76.4 Å². The Hall–Kier alpha value is -2.34. The molecule has 0 aliphatic carbocycles. The zero-order valence-corrected chi connectivity index (χ0v) is 15.5. The van der Waals surface area contributed by atoms with Gasteiger partial charge in [0.1, 0.15) is 18.1 Å². The highest BCUT2D eigenvalue weighted by molar-refractivity contribution is 5.78. The van der Waals surface area contributed by atoms with Gasteiger partial charge < -0.3 is 19.9 Å². The van der Waals surface area contributed by atoms with Gasteiger partial charge in [-0.1, -0.05) is 17.3 Å². The zero-order valence-electron chi connectivity index (χ0n) is 15.5. The number of carbonyl (C=O) groups is 1. The number of piperidine rings is 1. The van der Waals surface area contributed by atoms with E-state index in [4.69, 9.17) is 9.26 Å². The molecule has 1 atom stereocenters. The molecule has 1 amide bonds. The molecule has 1 fully saturated rings. The van der Waals surface area contributed by atoms with Crippen LogP contribution in [-0.2, 0) is 17.8 Å². The molecule has 6 heteroatoms. The Kier molecular flexibility index (Phi) is 6.28. The summed E-state index contributed by atoms with van der Waals surface area (Å²) in [6.45, 7) is 7.05. The first kappa shape index (κ1) is 18.5. The third kappa shape index (κ3) is 5.08. The third-order valence-corrected chi connectivity index (χ3v) is 4.84. The van der Waals surface area contributed by atoms with Gasteiger partial charge in [-0.05, 0) is 63.4 Å². The lowest BCUT2D eigenvalue weighted by Gasteiger charge is -2.22. The van der Waals surface area contributed by atoms with Crippen molar-refractivity contribution in [3.63, 3.8) is 0 Å². The van der Waals surface area contributed by atoms with E-state index in [9.17, 15) is 4.79 Å². The van der Waals surface area contributed by atoms with E-state index in [1.54, 1.807) is 0 Å². The Morgan fingerprint density at radius 3 is 2.81 bits per heavy atom. The second-order valence-corrected chi connectivity index (χ2v) is 6.93. The molecule has 3 rings (SSSR count). The van der Waals surface area contributed by atoms with E-state index in [0.29, 0.717) is 18.9 Å². The number of carbonyl (C=O) groups excluding carboxylic acids is 1. The quantitative estimate of drug-likeness (QED) is 0.796. The minimum atomic E-state index is 0.0694. The lowest BCUT2D eigenvalue weighted by molar-refractivity contribution is -0.120. The summed E-state index contributed by atoms with van der Waals surface area (Å²) in [5.41, 5.74) is 2.81. The molecule has 1 aliphatic rings. The van der Waals surface area contributed by atoms with E-state index in [0.717, 1.165) is 48.0 Å². The lowest BCUT2D eigenvalue weighted by Crippen LogP contribution is -2.38. The Balaban J connectivity index is 1.44. The van der Waals surface area contributed by atoms with E-state index in [2.05, 4.69) is 15.8 Å². The fraction of sp³-hybridized carbons (Fsp3) is 0.500. The van der Waals surface area contributed by atoms with Gasteiger partial charge in [0.25, 0.3) is 0 Å². The molecule has 1 saturated heterocycles. The standard InChI is InChI=1S/C20H27N3O3/c1-14-19(15(2)26-23-14)13-25-18-7-5-16(6-8-18)10-20(24)22-12-17-4-3-9-21-11-17/h5-8,17,21H,3-4,9-13H2,1-2H3,(H,22,24). The SMILES string of the molecule is Cc1noc(C)c1COc1ccc(CC(=O)NCC2CCCNC2)cc1. The number of nitrogens with one attached hydrogen (secondary N) is 2. The largest absolute Gasteiger partial charge is 0.489 e. The summed E-state index contributed by atoms with van der Waals surface area (Å²) in [7, 11) is 0. The van der Waals surface area contributed by atoms with Crippen molar-refractivity contribution in [2.24, 2.45) is 5.92 Å². The van der Waals surface area contributed by atoms with Crippen molar-refractivity contribution in [2.45, 2.75) is 39.7 Å². The van der Waals surface area contributed by atoms with Crippen LogP contribution in [0.25, 0.3) is 0 Å². The van der Waals surface area contributed by atoms with Crippen molar-refractivity contribution in [1.29, 1.82) is 0 Å². The van der Waals surface area contributed by atoms with Crippen LogP contribution < -0.4 is 15.4 Å². The minimum absolute atomic E-state index is 0.0694. The normalized spacial score (nSPS) is 17.1. The summed E-state index contributed by atoms with van der Waals surface area (Å²) in [6, 6.07) is 7.66. The average molecular weight is 357 g/mol. The van der Waals surface area contributed by atoms with Crippen molar-refractivity contribution in [2.75, 3.05) is 19.6 Å². The monoisotopic (exact) mass is 357 g/mol. The van der Waals surface area contributed by atoms with Crippen LogP contribution in [-0.4, -0.2) is 30.7 Å². The van der Waals surface area contributed by atoms with Crippen LogP contribution in [0.1, 0.15) is 35.4 Å². The number of rotatable bonds is 7. The van der Waals surface area contributed by atoms with Gasteiger partial charge in [-0.25, -0.2) is 0 Å². The summed E-state index contributed by atoms with van der Waals surface area (Å²) in [4.78, 5) is 12.1. The van der Waals surface area contributed by atoms with E-state index in [-0.39, 0.29) is 5.91 Å². The van der Waals surface area contributed by atoms with E-state index >= 15 is 0 Å². The molecular weight excluding hydrogens is 330 g/mol. The zero-order chi connectivity index (χ0) is 18.4. The lowest BCUT2D eigenvalue weighted by atomic mass is 10.00. The van der Waals surface area contributed by atoms with Gasteiger partial charge in [0, 0.05) is 6.54 Å². The molecule has 0 saturated carbocycles. The third-order valence-electron chi connectivity index (χ3n) is 4.84. The molecule has 2 aromatic rings. The molecule has 6 nitrogen and oxygen atoms in total. The van der Waals surface area contributed by atoms with Crippen LogP contribution in [0.4, 0.5) is 0 Å². The van der Waals surface area contributed by atoms with Crippen LogP contribution in [0.3, 0.4) is 0 Å². The highest BCUT2D eigenvalue weighted by Gasteiger charge is 2.14. The number of benzene rings is 1. The van der Waals surface area contributed by atoms with Gasteiger partial charge in [0.05, 0.1) is 17.7 Å². The van der Waals surface area contributed by atoms with Gasteiger partial charge in [0.15, 0.2) is 0 Å². The fourth-order valence-electron chi connectivity index (χ4n) is 3.17. The van der Waals surface area contributed by atoms with Crippen LogP contribution in [0, 0.1) is 19.8 Å². The summed E-state index contributed by atoms with van der Waals surface area (Å²) in [5, 5.41) is 10.3. The second-order valence-electron chi connectivity index (χ2n) is 6.93. The molecule has 1 unspecified atom stereocenters. The van der Waals surface area contributed by atoms with Gasteiger partial charge in [-0.15, -0.1) is 0 Å². The van der Waals surface area contributed by atoms with E-state index in [1.807, 2.05) is 38.1 Å². The van der Waals surface area contributed by atoms with Crippen LogP contribution in [0.2, 0.25) is 0 Å². The van der Waals surface area contributed by atoms with E-state index < -0.39 is 0 Å². The van der Waals surface area contributed by atoms with Crippen molar-refractivity contribution in [1.82, 2.24) is 15.8 Å². The predicted molar refractivity (Wildman–Crippen MR) is 99.1 cm³/mol. The molecule has 1 aromatic heterocycles. The Morgan fingerprint density at radius 1 is 1.35 bits per heavy atom. The fourth-order valence-corrected chi connectivity index (χ4v) is 3.17. The van der Waals surface area contributed by atoms with Crippen LogP contribution >= 0.6 is 0 Å². The van der Waals surface area contributed by atoms with Gasteiger partial charge >= 0.3 is 0 Å². The predicted octanol–water partition coefficient (Wildman–Crippen LogP) is 2.53. The molecule has 2 heterocycles. The highest BCUT2D eigenvalue weighted by atomic mass is 16.5. The number of ether oxygens (including phenoxy) is 1. The number of amides is 1. The average Bonchev–Trinajstić information content (AvgIpc) is 2.98. The first-order chi connectivity index (χ1) is 12.6. The summed E-state index contributed by atoms with van der Waals surface area (Å²) >= 11 is 0. The van der Waals surface area contributed by atoms with Gasteiger partial charge in [-0.2, -0.15) is 0 Å². The molecule has 0 spiro atoms. The first-order valence-corrected chi connectivity index (χ1v) is 9.22. The van der Waals surface area contributed by atoms with Gasteiger partial charge in [-0.3, -0.25) is 4.79 Å². The van der Waals surface area contributed by atoms with Crippen molar-refractivity contribution < 1.29 is 14.1 Å². The Bertz CT molecular complexity index is 699. The maximum Gasteiger partial charge on any atom is 0.224 e. The van der Waals surface area contributed by atoms with Gasteiger partial charge in [0.2, 0.25) is 5.91 Å². The van der Waals surface area contributed by atoms with Crippen LogP contribution in [0.5, 0.6) is 5.75 Å². The summed E-state index contributed by atoms with van der Waals surface area (Å²) in [5.74, 6) is 2.17. The summed E-state index contributed by atoms with van der Waals surface area (Å²) in [6.07, 6.45) is 2.77. The van der Waals surface area contributed by atoms with Crippen molar-refractivity contribution >= 4 is 5.91 Å². The summed E-state index contributed by atoms with van der Waals surface area (Å²) < 4.78 is 10.9. The number of hydrogen-bond acceptors (Lipinski definition) is 5. The van der Waals surface area contributed by atoms with Crippen molar-refractivity contribution in [3.05, 3.63) is 46.8 Å². The molecule has 140 valence electrons. The maximum atomic E-state index is 12.1. The molecule has 1 aromatic carbocycles. The molecule has 0 radical (unpaired) electrons. The minimum Gasteiger partial charge on any atom is -0.489 e. The number of aromatic nitrogens is 1. The molecule has 26 heavy (non-hydrogen) atoms. The number of nitrogens with zero attached hydrogens (tertiary/aromatic N) is 1. The molecular formula is C20H27N3O3. The Labute approximate surface area is 154 Å². The highest BCUT2D eigenvalue weighted by Crippen LogP contribution is 2.18. The van der Waals surface area contributed by atoms with Crippen LogP contribution in [0.15, 0.2) is 28.8 Å². The van der Waals surface area contributed by atoms with Crippen molar-refractivity contribution in [3.8, 4) is 5.75 Å². The van der Waals surface area contributed by atoms with E-state index in [1.165, 1.54) is 12.8 Å². The second kappa shape index (κ2) is 8.85. The Morgan fingerprint density at radius 2 is 2.15 bits per heavy atom. The first-order valence-electron chi connectivity index (χ1n) is 9.22. The molecule has 1 aliphatic heterocycles.